The molecule has 1 aromatic carbocycles. The van der Waals surface area contributed by atoms with Crippen molar-refractivity contribution in [1.82, 2.24) is 0 Å². The fourth-order valence-corrected chi connectivity index (χ4v) is 1.49. The van der Waals surface area contributed by atoms with E-state index in [1.807, 2.05) is 0 Å². The Balaban J connectivity index is 2.89. The number of thiocarbonyl (C=S) groups is 1. The fraction of sp³-hybridized carbons (Fsp3) is 0.417. The van der Waals surface area contributed by atoms with Gasteiger partial charge in [-0.15, -0.1) is 0 Å². The van der Waals surface area contributed by atoms with E-state index in [1.54, 1.807) is 33.5 Å². The van der Waals surface area contributed by atoms with Gasteiger partial charge in [0, 0.05) is 18.6 Å². The Kier molecular flexibility index (Phi) is 5.51. The lowest BCUT2D eigenvalue weighted by Crippen LogP contribution is -2.12. The average Bonchev–Trinajstić information content (AvgIpc) is 2.36. The standard InChI is InChI=1S/C12H17NO4S/c1-14-9-6-8(17-5-4-11(13)18)7-10(15-2)12(9)16-3/h6-7H,4-5H2,1-3H3,(H2,13,18). The van der Waals surface area contributed by atoms with E-state index in [4.69, 9.17) is 36.9 Å². The zero-order valence-corrected chi connectivity index (χ0v) is 11.5. The SMILES string of the molecule is COc1cc(OCCC(N)=S)cc(OC)c1OC. The predicted octanol–water partition coefficient (Wildman–Crippen LogP) is 1.77. The monoisotopic (exact) mass is 271 g/mol. The van der Waals surface area contributed by atoms with Crippen LogP contribution in [0.1, 0.15) is 6.42 Å². The lowest BCUT2D eigenvalue weighted by molar-refractivity contribution is 0.304. The molecule has 6 heteroatoms. The average molecular weight is 271 g/mol. The van der Waals surface area contributed by atoms with Crippen LogP contribution in [0.15, 0.2) is 12.1 Å². The van der Waals surface area contributed by atoms with Gasteiger partial charge in [-0.2, -0.15) is 0 Å². The molecule has 1 rings (SSSR count). The van der Waals surface area contributed by atoms with E-state index in [0.717, 1.165) is 0 Å². The summed E-state index contributed by atoms with van der Waals surface area (Å²) >= 11 is 4.78. The van der Waals surface area contributed by atoms with Gasteiger partial charge in [0.15, 0.2) is 11.5 Å². The molecule has 100 valence electrons. The first-order valence-corrected chi connectivity index (χ1v) is 5.74. The van der Waals surface area contributed by atoms with Gasteiger partial charge in [-0.05, 0) is 0 Å². The summed E-state index contributed by atoms with van der Waals surface area (Å²) in [4.78, 5) is 0.419. The van der Waals surface area contributed by atoms with Crippen molar-refractivity contribution >= 4 is 17.2 Å². The minimum absolute atomic E-state index is 0.411. The summed E-state index contributed by atoms with van der Waals surface area (Å²) in [5.74, 6) is 2.23. The van der Waals surface area contributed by atoms with Gasteiger partial charge in [0.25, 0.3) is 0 Å². The molecule has 0 heterocycles. The van der Waals surface area contributed by atoms with Gasteiger partial charge in [0.2, 0.25) is 5.75 Å². The van der Waals surface area contributed by atoms with Crippen LogP contribution in [0.25, 0.3) is 0 Å². The van der Waals surface area contributed by atoms with Gasteiger partial charge < -0.3 is 24.7 Å². The summed E-state index contributed by atoms with van der Waals surface area (Å²) in [6, 6.07) is 3.45. The first-order chi connectivity index (χ1) is 8.62. The second kappa shape index (κ2) is 6.90. The van der Waals surface area contributed by atoms with Crippen LogP contribution in [-0.4, -0.2) is 32.9 Å². The zero-order valence-electron chi connectivity index (χ0n) is 10.7. The lowest BCUT2D eigenvalue weighted by Gasteiger charge is -2.14. The largest absolute Gasteiger partial charge is 0.493 e. The van der Waals surface area contributed by atoms with Gasteiger partial charge in [-0.25, -0.2) is 0 Å². The third-order valence-electron chi connectivity index (χ3n) is 2.26. The van der Waals surface area contributed by atoms with Crippen LogP contribution in [0.5, 0.6) is 23.0 Å². The van der Waals surface area contributed by atoms with E-state index < -0.39 is 0 Å². The third-order valence-corrected chi connectivity index (χ3v) is 2.46. The maximum Gasteiger partial charge on any atom is 0.203 e. The third kappa shape index (κ3) is 3.66. The molecule has 0 unspecified atom stereocenters. The molecule has 0 aliphatic carbocycles. The highest BCUT2D eigenvalue weighted by Gasteiger charge is 2.13. The van der Waals surface area contributed by atoms with Crippen molar-refractivity contribution in [3.05, 3.63) is 12.1 Å². The molecule has 0 saturated heterocycles. The quantitative estimate of drug-likeness (QED) is 0.763. The molecule has 0 atom stereocenters. The number of hydrogen-bond acceptors (Lipinski definition) is 5. The molecule has 0 saturated carbocycles. The van der Waals surface area contributed by atoms with Gasteiger partial charge in [-0.1, -0.05) is 12.2 Å². The highest BCUT2D eigenvalue weighted by molar-refractivity contribution is 7.80. The summed E-state index contributed by atoms with van der Waals surface area (Å²) in [7, 11) is 4.65. The van der Waals surface area contributed by atoms with Gasteiger partial charge in [0.1, 0.15) is 5.75 Å². The Morgan fingerprint density at radius 1 is 1.11 bits per heavy atom. The molecule has 0 aromatic heterocycles. The van der Waals surface area contributed by atoms with Gasteiger partial charge in [0.05, 0.1) is 32.9 Å². The minimum atomic E-state index is 0.411. The molecule has 5 nitrogen and oxygen atoms in total. The predicted molar refractivity (Wildman–Crippen MR) is 73.0 cm³/mol. The molecular formula is C12H17NO4S. The number of hydrogen-bond donors (Lipinski definition) is 1. The van der Waals surface area contributed by atoms with Crippen LogP contribution >= 0.6 is 12.2 Å². The fourth-order valence-electron chi connectivity index (χ4n) is 1.41. The van der Waals surface area contributed by atoms with Crippen molar-refractivity contribution in [3.8, 4) is 23.0 Å². The Labute approximate surface area is 112 Å². The molecule has 0 spiro atoms. The van der Waals surface area contributed by atoms with E-state index >= 15 is 0 Å². The van der Waals surface area contributed by atoms with Crippen LogP contribution in [0.3, 0.4) is 0 Å². The van der Waals surface area contributed by atoms with Gasteiger partial charge >= 0.3 is 0 Å². The van der Waals surface area contributed by atoms with E-state index in [-0.39, 0.29) is 0 Å². The van der Waals surface area contributed by atoms with Crippen molar-refractivity contribution < 1.29 is 18.9 Å². The van der Waals surface area contributed by atoms with Crippen molar-refractivity contribution in [1.29, 1.82) is 0 Å². The molecular weight excluding hydrogens is 254 g/mol. The Hall–Kier alpha value is -1.69. The Bertz CT molecular complexity index is 398. The summed E-state index contributed by atoms with van der Waals surface area (Å²) in [6.45, 7) is 0.411. The van der Waals surface area contributed by atoms with E-state index in [0.29, 0.717) is 41.0 Å². The number of rotatable bonds is 7. The summed E-state index contributed by atoms with van der Waals surface area (Å²) < 4.78 is 21.2. The van der Waals surface area contributed by atoms with Crippen LogP contribution in [0.2, 0.25) is 0 Å². The van der Waals surface area contributed by atoms with Gasteiger partial charge in [-0.3, -0.25) is 0 Å². The zero-order chi connectivity index (χ0) is 13.5. The number of nitrogens with two attached hydrogens (primary N) is 1. The van der Waals surface area contributed by atoms with Crippen molar-refractivity contribution in [3.63, 3.8) is 0 Å². The molecule has 2 N–H and O–H groups in total. The van der Waals surface area contributed by atoms with Crippen molar-refractivity contribution in [2.45, 2.75) is 6.42 Å². The van der Waals surface area contributed by atoms with Crippen LogP contribution in [0.4, 0.5) is 0 Å². The second-order valence-electron chi connectivity index (χ2n) is 3.43. The highest BCUT2D eigenvalue weighted by atomic mass is 32.1. The number of benzene rings is 1. The normalized spacial score (nSPS) is 9.72. The molecule has 0 fully saturated rings. The minimum Gasteiger partial charge on any atom is -0.493 e. The van der Waals surface area contributed by atoms with Crippen molar-refractivity contribution in [2.24, 2.45) is 5.73 Å². The summed E-state index contributed by atoms with van der Waals surface area (Å²) in [5, 5.41) is 0. The lowest BCUT2D eigenvalue weighted by atomic mass is 10.2. The first kappa shape index (κ1) is 14.4. The molecule has 0 radical (unpaired) electrons. The second-order valence-corrected chi connectivity index (χ2v) is 3.95. The topological polar surface area (TPSA) is 62.9 Å². The summed E-state index contributed by atoms with van der Waals surface area (Å²) in [6.07, 6.45) is 0.520. The number of ether oxygens (including phenoxy) is 4. The van der Waals surface area contributed by atoms with Crippen molar-refractivity contribution in [2.75, 3.05) is 27.9 Å². The smallest absolute Gasteiger partial charge is 0.203 e. The van der Waals surface area contributed by atoms with Crippen LogP contribution in [-0.2, 0) is 0 Å². The van der Waals surface area contributed by atoms with E-state index in [1.165, 1.54) is 0 Å². The maximum atomic E-state index is 5.52. The molecule has 0 bridgehead atoms. The maximum absolute atomic E-state index is 5.52. The molecule has 1 aromatic rings. The highest BCUT2D eigenvalue weighted by Crippen LogP contribution is 2.40. The molecule has 0 aliphatic rings. The molecule has 0 aliphatic heterocycles. The van der Waals surface area contributed by atoms with E-state index in [9.17, 15) is 0 Å². The van der Waals surface area contributed by atoms with Crippen LogP contribution < -0.4 is 24.7 Å². The van der Waals surface area contributed by atoms with E-state index in [2.05, 4.69) is 0 Å². The first-order valence-electron chi connectivity index (χ1n) is 5.33. The molecule has 0 amide bonds. The van der Waals surface area contributed by atoms with Crippen LogP contribution in [0, 0.1) is 0 Å². The molecule has 18 heavy (non-hydrogen) atoms. The summed E-state index contributed by atoms with van der Waals surface area (Å²) in [5.41, 5.74) is 5.40. The number of methoxy groups -OCH3 is 3. The Morgan fingerprint density at radius 3 is 2.06 bits per heavy atom. The Morgan fingerprint density at radius 2 is 1.67 bits per heavy atom.